The van der Waals surface area contributed by atoms with Crippen LogP contribution in [-0.2, 0) is 18.0 Å². The molecule has 0 saturated carbocycles. The Morgan fingerprint density at radius 1 is 1.75 bits per heavy atom. The first kappa shape index (κ1) is 7.36. The summed E-state index contributed by atoms with van der Waals surface area (Å²) in [5.41, 5.74) is 1.22. The van der Waals surface area contributed by atoms with Gasteiger partial charge in [0.15, 0.2) is 0 Å². The van der Waals surface area contributed by atoms with Crippen molar-refractivity contribution in [2.75, 3.05) is 12.4 Å². The summed E-state index contributed by atoms with van der Waals surface area (Å²) in [5.74, 6) is 1.09. The number of methoxy groups -OCH3 is 1. The monoisotopic (exact) mass is 165 g/mol. The molecule has 0 unspecified atom stereocenters. The van der Waals surface area contributed by atoms with Gasteiger partial charge in [-0.2, -0.15) is 0 Å². The summed E-state index contributed by atoms with van der Waals surface area (Å²) in [6, 6.07) is 2.05. The molecule has 1 N–H and O–H groups in total. The Hall–Kier alpha value is -1.29. The molecule has 2 rings (SSSR count). The van der Waals surface area contributed by atoms with Crippen LogP contribution in [0.15, 0.2) is 17.3 Å². The molecule has 0 bridgehead atoms. The summed E-state index contributed by atoms with van der Waals surface area (Å²) in [4.78, 5) is 4.10. The van der Waals surface area contributed by atoms with Gasteiger partial charge in [-0.15, -0.1) is 0 Å². The van der Waals surface area contributed by atoms with Crippen molar-refractivity contribution in [2.24, 2.45) is 4.99 Å². The van der Waals surface area contributed by atoms with Crippen LogP contribution in [0.5, 0.6) is 0 Å². The van der Waals surface area contributed by atoms with Crippen LogP contribution < -0.4 is 5.32 Å². The first-order valence-electron chi connectivity index (χ1n) is 3.83. The van der Waals surface area contributed by atoms with Gasteiger partial charge in [0.25, 0.3) is 0 Å². The van der Waals surface area contributed by atoms with Gasteiger partial charge in [-0.25, -0.2) is 0 Å². The summed E-state index contributed by atoms with van der Waals surface area (Å²) in [6.45, 7) is 1.34. The van der Waals surface area contributed by atoms with E-state index in [2.05, 4.69) is 16.4 Å². The van der Waals surface area contributed by atoms with E-state index in [0.717, 1.165) is 12.4 Å². The third-order valence-electron chi connectivity index (χ3n) is 1.87. The van der Waals surface area contributed by atoms with Gasteiger partial charge >= 0.3 is 0 Å². The number of aromatic nitrogens is 1. The Morgan fingerprint density at radius 3 is 3.50 bits per heavy atom. The number of nitrogens with one attached hydrogen (secondary N) is 1. The second-order valence-electron chi connectivity index (χ2n) is 2.69. The van der Waals surface area contributed by atoms with Gasteiger partial charge in [-0.3, -0.25) is 4.99 Å². The summed E-state index contributed by atoms with van der Waals surface area (Å²) in [6.07, 6.45) is 3.71. The van der Waals surface area contributed by atoms with Gasteiger partial charge in [0, 0.05) is 18.9 Å². The molecule has 1 aliphatic rings. The molecule has 1 aromatic heterocycles. The maximum atomic E-state index is 5.03. The zero-order valence-electron chi connectivity index (χ0n) is 6.95. The molecular weight excluding hydrogens is 154 g/mol. The van der Waals surface area contributed by atoms with E-state index in [4.69, 9.17) is 4.74 Å². The Bertz CT molecular complexity index is 303. The fraction of sp³-hybridized carbons (Fsp3) is 0.375. The van der Waals surface area contributed by atoms with Crippen molar-refractivity contribution in [3.05, 3.63) is 17.8 Å². The predicted octanol–water partition coefficient (Wildman–Crippen LogP) is 1.05. The first-order valence-corrected chi connectivity index (χ1v) is 3.83. The molecule has 1 aliphatic heterocycles. The number of anilines is 1. The van der Waals surface area contributed by atoms with E-state index in [9.17, 15) is 0 Å². The summed E-state index contributed by atoms with van der Waals surface area (Å²) in [7, 11) is 1.68. The molecule has 2 heterocycles. The minimum Gasteiger partial charge on any atom is -0.364 e. The normalized spacial score (nSPS) is 14.1. The van der Waals surface area contributed by atoms with Crippen molar-refractivity contribution in [1.82, 2.24) is 4.57 Å². The standard InChI is InChI=1S/C8H11N3O/c1-12-6-11-3-2-7-4-9-5-10-8(7)11/h2-3,5H,4,6H2,1H3,(H,9,10). The Balaban J connectivity index is 2.29. The van der Waals surface area contributed by atoms with Crippen molar-refractivity contribution < 1.29 is 4.74 Å². The number of aliphatic imine (C=N–C) groups is 1. The van der Waals surface area contributed by atoms with Gasteiger partial charge < -0.3 is 14.6 Å². The Morgan fingerprint density at radius 2 is 2.67 bits per heavy atom. The number of fused-ring (bicyclic) bond motifs is 1. The lowest BCUT2D eigenvalue weighted by Gasteiger charge is -2.11. The van der Waals surface area contributed by atoms with Crippen LogP contribution >= 0.6 is 0 Å². The smallest absolute Gasteiger partial charge is 0.123 e. The van der Waals surface area contributed by atoms with E-state index in [1.165, 1.54) is 5.56 Å². The van der Waals surface area contributed by atoms with E-state index < -0.39 is 0 Å². The predicted molar refractivity (Wildman–Crippen MR) is 47.3 cm³/mol. The molecule has 0 radical (unpaired) electrons. The lowest BCUT2D eigenvalue weighted by atomic mass is 10.3. The number of hydrogen-bond donors (Lipinski definition) is 1. The molecule has 4 heteroatoms. The van der Waals surface area contributed by atoms with Crippen LogP contribution in [0.25, 0.3) is 0 Å². The minimum atomic E-state index is 0.580. The number of rotatable bonds is 2. The molecular formula is C8H11N3O. The highest BCUT2D eigenvalue weighted by Gasteiger charge is 2.09. The minimum absolute atomic E-state index is 0.580. The van der Waals surface area contributed by atoms with E-state index in [0.29, 0.717) is 6.73 Å². The lowest BCUT2D eigenvalue weighted by molar-refractivity contribution is 0.133. The van der Waals surface area contributed by atoms with Crippen molar-refractivity contribution in [1.29, 1.82) is 0 Å². The van der Waals surface area contributed by atoms with E-state index in [-0.39, 0.29) is 0 Å². The molecule has 0 spiro atoms. The van der Waals surface area contributed by atoms with Gasteiger partial charge in [-0.1, -0.05) is 0 Å². The van der Waals surface area contributed by atoms with Crippen LogP contribution in [0.4, 0.5) is 5.82 Å². The zero-order valence-corrected chi connectivity index (χ0v) is 6.95. The van der Waals surface area contributed by atoms with Crippen LogP contribution in [0.3, 0.4) is 0 Å². The molecule has 64 valence electrons. The van der Waals surface area contributed by atoms with E-state index in [1.54, 1.807) is 13.4 Å². The van der Waals surface area contributed by atoms with Gasteiger partial charge in [0.1, 0.15) is 12.5 Å². The van der Waals surface area contributed by atoms with Gasteiger partial charge in [0.05, 0.1) is 12.9 Å². The number of hydrogen-bond acceptors (Lipinski definition) is 3. The number of ether oxygens (including phenoxy) is 1. The highest BCUT2D eigenvalue weighted by Crippen LogP contribution is 2.20. The Kier molecular flexibility index (Phi) is 1.83. The maximum Gasteiger partial charge on any atom is 0.123 e. The average molecular weight is 165 g/mol. The largest absolute Gasteiger partial charge is 0.364 e. The third kappa shape index (κ3) is 1.10. The second kappa shape index (κ2) is 2.98. The number of nitrogens with zero attached hydrogens (tertiary/aromatic N) is 2. The van der Waals surface area contributed by atoms with E-state index >= 15 is 0 Å². The second-order valence-corrected chi connectivity index (χ2v) is 2.69. The van der Waals surface area contributed by atoms with Crippen molar-refractivity contribution >= 4 is 12.2 Å². The molecule has 12 heavy (non-hydrogen) atoms. The highest BCUT2D eigenvalue weighted by molar-refractivity contribution is 5.77. The summed E-state index contributed by atoms with van der Waals surface area (Å²) < 4.78 is 7.05. The topological polar surface area (TPSA) is 38.5 Å². The quantitative estimate of drug-likeness (QED) is 0.711. The average Bonchev–Trinajstić information content (AvgIpc) is 2.50. The lowest BCUT2D eigenvalue weighted by Crippen LogP contribution is -2.10. The first-order chi connectivity index (χ1) is 5.92. The van der Waals surface area contributed by atoms with Crippen molar-refractivity contribution in [3.63, 3.8) is 0 Å². The highest BCUT2D eigenvalue weighted by atomic mass is 16.5. The zero-order chi connectivity index (χ0) is 8.39. The van der Waals surface area contributed by atoms with Crippen molar-refractivity contribution in [2.45, 2.75) is 13.3 Å². The van der Waals surface area contributed by atoms with Crippen LogP contribution in [0.1, 0.15) is 5.56 Å². The van der Waals surface area contributed by atoms with Crippen LogP contribution in [0, 0.1) is 0 Å². The summed E-state index contributed by atoms with van der Waals surface area (Å²) >= 11 is 0. The molecule has 0 atom stereocenters. The summed E-state index contributed by atoms with van der Waals surface area (Å²) in [5, 5.41) is 3.09. The molecule has 0 fully saturated rings. The molecule has 0 aromatic carbocycles. The third-order valence-corrected chi connectivity index (χ3v) is 1.87. The molecule has 1 aromatic rings. The van der Waals surface area contributed by atoms with Crippen LogP contribution in [0.2, 0.25) is 0 Å². The van der Waals surface area contributed by atoms with E-state index in [1.807, 2.05) is 10.8 Å². The molecule has 0 saturated heterocycles. The molecule has 0 amide bonds. The molecule has 4 nitrogen and oxygen atoms in total. The molecule has 0 aliphatic carbocycles. The van der Waals surface area contributed by atoms with Gasteiger partial charge in [0.2, 0.25) is 0 Å². The van der Waals surface area contributed by atoms with Crippen LogP contribution in [-0.4, -0.2) is 18.0 Å². The van der Waals surface area contributed by atoms with Gasteiger partial charge in [-0.05, 0) is 6.07 Å². The maximum absolute atomic E-state index is 5.03. The fourth-order valence-electron chi connectivity index (χ4n) is 1.32. The SMILES string of the molecule is COCn1ccc2c1NC=NC2. The fourth-order valence-corrected chi connectivity index (χ4v) is 1.32. The Labute approximate surface area is 70.9 Å². The van der Waals surface area contributed by atoms with Crippen molar-refractivity contribution in [3.8, 4) is 0 Å².